The molecule has 1 atom stereocenters. The Morgan fingerprint density at radius 1 is 1.27 bits per heavy atom. The fourth-order valence-electron chi connectivity index (χ4n) is 2.01. The molecule has 2 rings (SSSR count). The fraction of sp³-hybridized carbons (Fsp3) is 0.267. The maximum Gasteiger partial charge on any atom is 0.328 e. The number of benzene rings is 1. The van der Waals surface area contributed by atoms with Gasteiger partial charge < -0.3 is 4.90 Å². The first kappa shape index (κ1) is 16.0. The van der Waals surface area contributed by atoms with Crippen molar-refractivity contribution in [2.75, 3.05) is 7.05 Å². The van der Waals surface area contributed by atoms with Gasteiger partial charge in [0.15, 0.2) is 0 Å². The van der Waals surface area contributed by atoms with E-state index >= 15 is 0 Å². The Morgan fingerprint density at radius 2 is 1.91 bits per heavy atom. The van der Waals surface area contributed by atoms with Gasteiger partial charge in [-0.05, 0) is 24.6 Å². The number of nitrogens with zero attached hydrogens (tertiary/aromatic N) is 2. The number of rotatable bonds is 4. The van der Waals surface area contributed by atoms with Crippen molar-refractivity contribution in [3.8, 4) is 0 Å². The van der Waals surface area contributed by atoms with Crippen LogP contribution in [-0.2, 0) is 11.3 Å². The summed E-state index contributed by atoms with van der Waals surface area (Å²) >= 11 is 5.85. The summed E-state index contributed by atoms with van der Waals surface area (Å²) in [4.78, 5) is 38.5. The highest BCUT2D eigenvalue weighted by Gasteiger charge is 2.18. The third kappa shape index (κ3) is 3.65. The molecule has 0 bridgehead atoms. The molecule has 1 aromatic carbocycles. The maximum absolute atomic E-state index is 12.3. The predicted molar refractivity (Wildman–Crippen MR) is 84.0 cm³/mol. The minimum absolute atomic E-state index is 0.135. The van der Waals surface area contributed by atoms with Crippen LogP contribution in [0.5, 0.6) is 0 Å². The van der Waals surface area contributed by atoms with Crippen molar-refractivity contribution in [3.05, 3.63) is 68.0 Å². The van der Waals surface area contributed by atoms with E-state index in [0.29, 0.717) is 5.02 Å². The van der Waals surface area contributed by atoms with Crippen LogP contribution in [0, 0.1) is 0 Å². The van der Waals surface area contributed by atoms with Gasteiger partial charge in [0.05, 0.1) is 6.04 Å². The number of hydrogen-bond acceptors (Lipinski definition) is 3. The molecule has 0 aliphatic rings. The second-order valence-corrected chi connectivity index (χ2v) is 5.41. The molecule has 2 aromatic rings. The SMILES string of the molecule is CC(c1ccc(Cl)cc1)N(C)C(=O)Cn1ccc(=O)[nH]c1=O. The molecule has 1 unspecified atom stereocenters. The van der Waals surface area contributed by atoms with E-state index in [2.05, 4.69) is 4.98 Å². The lowest BCUT2D eigenvalue weighted by molar-refractivity contribution is -0.132. The number of carbonyl (C=O) groups excluding carboxylic acids is 1. The Kier molecular flexibility index (Phi) is 4.82. The largest absolute Gasteiger partial charge is 0.337 e. The first-order valence-corrected chi connectivity index (χ1v) is 7.07. The number of aromatic amines is 1. The number of aromatic nitrogens is 2. The van der Waals surface area contributed by atoms with Gasteiger partial charge in [0.2, 0.25) is 5.91 Å². The number of nitrogens with one attached hydrogen (secondary N) is 1. The van der Waals surface area contributed by atoms with Gasteiger partial charge in [0.25, 0.3) is 5.56 Å². The second kappa shape index (κ2) is 6.62. The van der Waals surface area contributed by atoms with E-state index in [4.69, 9.17) is 11.6 Å². The molecule has 1 amide bonds. The standard InChI is InChI=1S/C15H16ClN3O3/c1-10(11-3-5-12(16)6-4-11)18(2)14(21)9-19-8-7-13(20)17-15(19)22/h3-8,10H,9H2,1-2H3,(H,17,20,22). The summed E-state index contributed by atoms with van der Waals surface area (Å²) in [7, 11) is 1.67. The fourth-order valence-corrected chi connectivity index (χ4v) is 2.13. The molecule has 0 aliphatic carbocycles. The van der Waals surface area contributed by atoms with E-state index in [1.165, 1.54) is 12.3 Å². The summed E-state index contributed by atoms with van der Waals surface area (Å²) in [5.74, 6) is -0.239. The zero-order valence-electron chi connectivity index (χ0n) is 12.2. The van der Waals surface area contributed by atoms with Gasteiger partial charge in [-0.3, -0.25) is 19.1 Å². The van der Waals surface area contributed by atoms with Crippen LogP contribution in [0.3, 0.4) is 0 Å². The van der Waals surface area contributed by atoms with Crippen molar-refractivity contribution in [2.45, 2.75) is 19.5 Å². The van der Waals surface area contributed by atoms with E-state index in [1.54, 1.807) is 24.1 Å². The minimum atomic E-state index is -0.603. The van der Waals surface area contributed by atoms with Crippen molar-refractivity contribution in [2.24, 2.45) is 0 Å². The monoisotopic (exact) mass is 321 g/mol. The third-order valence-electron chi connectivity index (χ3n) is 3.53. The Balaban J connectivity index is 2.13. The van der Waals surface area contributed by atoms with Crippen molar-refractivity contribution in [1.82, 2.24) is 14.5 Å². The zero-order chi connectivity index (χ0) is 16.3. The Labute approximate surface area is 132 Å². The molecule has 0 radical (unpaired) electrons. The first-order valence-electron chi connectivity index (χ1n) is 6.69. The average molecular weight is 322 g/mol. The number of carbonyl (C=O) groups is 1. The number of amides is 1. The van der Waals surface area contributed by atoms with Crippen molar-refractivity contribution < 1.29 is 4.79 Å². The molecule has 7 heteroatoms. The zero-order valence-corrected chi connectivity index (χ0v) is 13.0. The van der Waals surface area contributed by atoms with Gasteiger partial charge in [-0.25, -0.2) is 4.79 Å². The van der Waals surface area contributed by atoms with Crippen LogP contribution >= 0.6 is 11.6 Å². The van der Waals surface area contributed by atoms with Crippen LogP contribution < -0.4 is 11.2 Å². The van der Waals surface area contributed by atoms with E-state index in [-0.39, 0.29) is 18.5 Å². The van der Waals surface area contributed by atoms with Crippen LogP contribution in [0.25, 0.3) is 0 Å². The van der Waals surface area contributed by atoms with Gasteiger partial charge in [0, 0.05) is 24.3 Å². The molecule has 0 saturated carbocycles. The average Bonchev–Trinajstić information content (AvgIpc) is 2.49. The third-order valence-corrected chi connectivity index (χ3v) is 3.78. The van der Waals surface area contributed by atoms with E-state index in [9.17, 15) is 14.4 Å². The molecule has 116 valence electrons. The lowest BCUT2D eigenvalue weighted by Gasteiger charge is -2.25. The summed E-state index contributed by atoms with van der Waals surface area (Å²) in [5.41, 5.74) is -0.154. The Morgan fingerprint density at radius 3 is 2.50 bits per heavy atom. The molecular formula is C15H16ClN3O3. The van der Waals surface area contributed by atoms with Gasteiger partial charge in [-0.15, -0.1) is 0 Å². The number of H-pyrrole nitrogens is 1. The highest BCUT2D eigenvalue weighted by molar-refractivity contribution is 6.30. The molecule has 1 aromatic heterocycles. The van der Waals surface area contributed by atoms with E-state index < -0.39 is 11.2 Å². The van der Waals surface area contributed by atoms with Crippen molar-refractivity contribution in [3.63, 3.8) is 0 Å². The highest BCUT2D eigenvalue weighted by atomic mass is 35.5. The Hall–Kier alpha value is -2.34. The number of hydrogen-bond donors (Lipinski definition) is 1. The number of likely N-dealkylation sites (N-methyl/N-ethyl adjacent to an activating group) is 1. The normalized spacial score (nSPS) is 12.0. The van der Waals surface area contributed by atoms with Crippen molar-refractivity contribution in [1.29, 1.82) is 0 Å². The van der Waals surface area contributed by atoms with Crippen LogP contribution in [0.4, 0.5) is 0 Å². The Bertz CT molecular complexity index is 780. The highest BCUT2D eigenvalue weighted by Crippen LogP contribution is 2.20. The second-order valence-electron chi connectivity index (χ2n) is 4.97. The summed E-state index contributed by atoms with van der Waals surface area (Å²) < 4.78 is 1.16. The summed E-state index contributed by atoms with van der Waals surface area (Å²) in [5, 5.41) is 0.629. The topological polar surface area (TPSA) is 75.2 Å². The molecule has 6 nitrogen and oxygen atoms in total. The lowest BCUT2D eigenvalue weighted by Crippen LogP contribution is -2.37. The number of halogens is 1. The van der Waals surface area contributed by atoms with E-state index in [0.717, 1.165) is 10.1 Å². The van der Waals surface area contributed by atoms with Crippen LogP contribution in [0.15, 0.2) is 46.1 Å². The summed E-state index contributed by atoms with van der Waals surface area (Å²) in [6, 6.07) is 8.27. The van der Waals surface area contributed by atoms with Crippen LogP contribution in [0.2, 0.25) is 5.02 Å². The van der Waals surface area contributed by atoms with Gasteiger partial charge in [-0.2, -0.15) is 0 Å². The molecule has 22 heavy (non-hydrogen) atoms. The first-order chi connectivity index (χ1) is 10.4. The summed E-state index contributed by atoms with van der Waals surface area (Å²) in [6.45, 7) is 1.75. The molecule has 0 fully saturated rings. The van der Waals surface area contributed by atoms with E-state index in [1.807, 2.05) is 19.1 Å². The molecular weight excluding hydrogens is 306 g/mol. The predicted octanol–water partition coefficient (Wildman–Crippen LogP) is 1.41. The smallest absolute Gasteiger partial charge is 0.328 e. The molecule has 0 saturated heterocycles. The van der Waals surface area contributed by atoms with Gasteiger partial charge in [0.1, 0.15) is 6.54 Å². The molecule has 0 aliphatic heterocycles. The summed E-state index contributed by atoms with van der Waals surface area (Å²) in [6.07, 6.45) is 1.31. The van der Waals surface area contributed by atoms with Gasteiger partial charge >= 0.3 is 5.69 Å². The molecule has 1 heterocycles. The quantitative estimate of drug-likeness (QED) is 0.925. The molecule has 0 spiro atoms. The van der Waals surface area contributed by atoms with Gasteiger partial charge in [-0.1, -0.05) is 23.7 Å². The maximum atomic E-state index is 12.3. The minimum Gasteiger partial charge on any atom is -0.337 e. The lowest BCUT2D eigenvalue weighted by atomic mass is 10.1. The molecule has 1 N–H and O–H groups in total. The van der Waals surface area contributed by atoms with Crippen molar-refractivity contribution >= 4 is 17.5 Å². The van der Waals surface area contributed by atoms with Crippen LogP contribution in [-0.4, -0.2) is 27.4 Å². The van der Waals surface area contributed by atoms with Crippen LogP contribution in [0.1, 0.15) is 18.5 Å².